The van der Waals surface area contributed by atoms with E-state index in [-0.39, 0.29) is 29.3 Å². The summed E-state index contributed by atoms with van der Waals surface area (Å²) in [5.74, 6) is -0.185. The summed E-state index contributed by atoms with van der Waals surface area (Å²) in [6.07, 6.45) is 3.97. The minimum absolute atomic E-state index is 0.0134. The number of alkyl halides is 2. The molecule has 1 spiro atoms. The van der Waals surface area contributed by atoms with Gasteiger partial charge >= 0.3 is 6.61 Å². The second-order valence-corrected chi connectivity index (χ2v) is 10.3. The molecule has 3 aliphatic heterocycles. The van der Waals surface area contributed by atoms with Gasteiger partial charge in [-0.25, -0.2) is 0 Å². The number of aliphatic hydroxyl groups is 1. The third-order valence-corrected chi connectivity index (χ3v) is 7.41. The Morgan fingerprint density at radius 3 is 2.62 bits per heavy atom. The number of piperidine rings is 1. The standard InChI is InChI=1S/C24H33F2NO5/c1-22(2,29)18-7-8-23(3,32-18)19-14-24(15-30-19)9-11-27(12-10-24)20(28)16-5-4-6-17(13-16)31-21(25)26/h4-6,13,18-19,21,29H,7-12,14-15H2,1-3H3/t18-,19+,23+/m0/s1. The summed E-state index contributed by atoms with van der Waals surface area (Å²) in [6.45, 7) is 4.55. The first-order valence-electron chi connectivity index (χ1n) is 11.4. The molecular weight excluding hydrogens is 420 g/mol. The van der Waals surface area contributed by atoms with Crippen molar-refractivity contribution in [1.82, 2.24) is 4.90 Å². The maximum atomic E-state index is 12.9. The highest BCUT2D eigenvalue weighted by Crippen LogP contribution is 2.49. The minimum Gasteiger partial charge on any atom is -0.435 e. The van der Waals surface area contributed by atoms with E-state index in [1.165, 1.54) is 12.1 Å². The molecule has 3 atom stereocenters. The van der Waals surface area contributed by atoms with E-state index in [0.29, 0.717) is 25.3 Å². The van der Waals surface area contributed by atoms with Gasteiger partial charge in [0.05, 0.1) is 30.0 Å². The molecule has 6 nitrogen and oxygen atoms in total. The Kier molecular flexibility index (Phi) is 6.24. The quantitative estimate of drug-likeness (QED) is 0.730. The first-order chi connectivity index (χ1) is 15.0. The van der Waals surface area contributed by atoms with Crippen molar-refractivity contribution in [2.45, 2.75) is 82.9 Å². The van der Waals surface area contributed by atoms with Gasteiger partial charge in [-0.15, -0.1) is 0 Å². The smallest absolute Gasteiger partial charge is 0.387 e. The van der Waals surface area contributed by atoms with E-state index >= 15 is 0 Å². The average Bonchev–Trinajstić information content (AvgIpc) is 3.33. The molecule has 0 aromatic heterocycles. The Bertz CT molecular complexity index is 834. The summed E-state index contributed by atoms with van der Waals surface area (Å²) in [6, 6.07) is 5.95. The van der Waals surface area contributed by atoms with Crippen LogP contribution in [0.1, 0.15) is 63.2 Å². The van der Waals surface area contributed by atoms with Crippen LogP contribution in [0.3, 0.4) is 0 Å². The molecule has 1 N–H and O–H groups in total. The van der Waals surface area contributed by atoms with Crippen molar-refractivity contribution in [3.8, 4) is 5.75 Å². The average molecular weight is 454 g/mol. The zero-order valence-electron chi connectivity index (χ0n) is 19.0. The van der Waals surface area contributed by atoms with Crippen LogP contribution in [0.4, 0.5) is 8.78 Å². The van der Waals surface area contributed by atoms with Crippen LogP contribution < -0.4 is 4.74 Å². The number of ether oxygens (including phenoxy) is 3. The molecule has 1 aromatic rings. The lowest BCUT2D eigenvalue weighted by Gasteiger charge is -2.39. The molecular formula is C24H33F2NO5. The fourth-order valence-electron chi connectivity index (χ4n) is 5.30. The lowest BCUT2D eigenvalue weighted by molar-refractivity contribution is -0.155. The summed E-state index contributed by atoms with van der Waals surface area (Å²) in [7, 11) is 0. The molecule has 4 rings (SSSR count). The zero-order valence-corrected chi connectivity index (χ0v) is 19.0. The van der Waals surface area contributed by atoms with Gasteiger partial charge in [-0.3, -0.25) is 4.79 Å². The predicted octanol–water partition coefficient (Wildman–Crippen LogP) is 4.01. The van der Waals surface area contributed by atoms with Gasteiger partial charge in [0, 0.05) is 18.7 Å². The van der Waals surface area contributed by atoms with Crippen LogP contribution in [0.25, 0.3) is 0 Å². The zero-order chi connectivity index (χ0) is 23.1. The molecule has 0 unspecified atom stereocenters. The fourth-order valence-corrected chi connectivity index (χ4v) is 5.30. The molecule has 3 aliphatic rings. The molecule has 32 heavy (non-hydrogen) atoms. The van der Waals surface area contributed by atoms with Gasteiger partial charge in [0.1, 0.15) is 5.75 Å². The summed E-state index contributed by atoms with van der Waals surface area (Å²) in [5.41, 5.74) is -0.922. The highest BCUT2D eigenvalue weighted by atomic mass is 19.3. The van der Waals surface area contributed by atoms with Gasteiger partial charge in [-0.1, -0.05) is 6.07 Å². The van der Waals surface area contributed by atoms with Crippen LogP contribution in [0.2, 0.25) is 0 Å². The number of carbonyl (C=O) groups is 1. The van der Waals surface area contributed by atoms with Gasteiger partial charge in [-0.2, -0.15) is 8.78 Å². The summed E-state index contributed by atoms with van der Waals surface area (Å²) in [4.78, 5) is 14.7. The molecule has 1 aromatic carbocycles. The molecule has 3 heterocycles. The Morgan fingerprint density at radius 2 is 2.00 bits per heavy atom. The number of halogens is 2. The Balaban J connectivity index is 1.34. The molecule has 1 amide bonds. The first-order valence-corrected chi connectivity index (χ1v) is 11.4. The van der Waals surface area contributed by atoms with E-state index in [2.05, 4.69) is 11.7 Å². The van der Waals surface area contributed by atoms with Crippen LogP contribution in [0, 0.1) is 5.41 Å². The maximum absolute atomic E-state index is 12.9. The van der Waals surface area contributed by atoms with Crippen LogP contribution in [0.15, 0.2) is 24.3 Å². The van der Waals surface area contributed by atoms with Crippen LogP contribution >= 0.6 is 0 Å². The number of benzene rings is 1. The van der Waals surface area contributed by atoms with Gasteiger partial charge in [0.15, 0.2) is 0 Å². The van der Waals surface area contributed by atoms with E-state index in [1.54, 1.807) is 30.9 Å². The van der Waals surface area contributed by atoms with E-state index in [0.717, 1.165) is 32.1 Å². The monoisotopic (exact) mass is 453 g/mol. The van der Waals surface area contributed by atoms with Crippen molar-refractivity contribution in [3.63, 3.8) is 0 Å². The minimum atomic E-state index is -2.92. The van der Waals surface area contributed by atoms with Crippen molar-refractivity contribution >= 4 is 5.91 Å². The molecule has 0 radical (unpaired) electrons. The number of hydrogen-bond acceptors (Lipinski definition) is 5. The number of likely N-dealkylation sites (tertiary alicyclic amines) is 1. The molecule has 178 valence electrons. The predicted molar refractivity (Wildman–Crippen MR) is 114 cm³/mol. The Hall–Kier alpha value is -1.77. The Morgan fingerprint density at radius 1 is 1.28 bits per heavy atom. The molecule has 3 saturated heterocycles. The molecule has 0 aliphatic carbocycles. The van der Waals surface area contributed by atoms with E-state index < -0.39 is 17.8 Å². The van der Waals surface area contributed by atoms with Gasteiger partial charge < -0.3 is 24.2 Å². The van der Waals surface area contributed by atoms with Crippen molar-refractivity contribution < 1.29 is 32.9 Å². The summed E-state index contributed by atoms with van der Waals surface area (Å²) < 4.78 is 41.9. The third kappa shape index (κ3) is 4.77. The van der Waals surface area contributed by atoms with E-state index in [4.69, 9.17) is 9.47 Å². The van der Waals surface area contributed by atoms with Gasteiger partial charge in [0.2, 0.25) is 0 Å². The topological polar surface area (TPSA) is 68.2 Å². The van der Waals surface area contributed by atoms with Crippen molar-refractivity contribution in [3.05, 3.63) is 29.8 Å². The van der Waals surface area contributed by atoms with Crippen molar-refractivity contribution in [1.29, 1.82) is 0 Å². The highest BCUT2D eigenvalue weighted by Gasteiger charge is 2.53. The Labute approximate surface area is 187 Å². The molecule has 3 fully saturated rings. The van der Waals surface area contributed by atoms with Crippen LogP contribution in [-0.4, -0.2) is 65.6 Å². The van der Waals surface area contributed by atoms with Gasteiger partial charge in [0.25, 0.3) is 5.91 Å². The number of rotatable bonds is 5. The second kappa shape index (κ2) is 8.54. The molecule has 0 bridgehead atoms. The van der Waals surface area contributed by atoms with Gasteiger partial charge in [-0.05, 0) is 76.5 Å². The van der Waals surface area contributed by atoms with E-state index in [9.17, 15) is 18.7 Å². The fraction of sp³-hybridized carbons (Fsp3) is 0.708. The largest absolute Gasteiger partial charge is 0.435 e. The van der Waals surface area contributed by atoms with Crippen molar-refractivity contribution in [2.75, 3.05) is 19.7 Å². The van der Waals surface area contributed by atoms with Crippen LogP contribution in [0.5, 0.6) is 5.75 Å². The lowest BCUT2D eigenvalue weighted by Crippen LogP contribution is -2.45. The number of carbonyl (C=O) groups excluding carboxylic acids is 1. The normalized spacial score (nSPS) is 30.3. The summed E-state index contributed by atoms with van der Waals surface area (Å²) in [5, 5.41) is 10.3. The van der Waals surface area contributed by atoms with Crippen LogP contribution in [-0.2, 0) is 9.47 Å². The molecule has 8 heteroatoms. The number of nitrogens with zero attached hydrogens (tertiary/aromatic N) is 1. The third-order valence-electron chi connectivity index (χ3n) is 7.41. The second-order valence-electron chi connectivity index (χ2n) is 10.3. The number of hydrogen-bond donors (Lipinski definition) is 1. The lowest BCUT2D eigenvalue weighted by atomic mass is 9.74. The molecule has 0 saturated carbocycles. The number of amides is 1. The highest BCUT2D eigenvalue weighted by molar-refractivity contribution is 5.94. The SMILES string of the molecule is CC(C)(O)[C@@H]1CC[C@](C)([C@H]2CC3(CCN(C(=O)c4cccc(OC(F)F)c4)CC3)CO2)O1. The first kappa shape index (κ1) is 23.4. The van der Waals surface area contributed by atoms with E-state index in [1.807, 2.05) is 0 Å². The summed E-state index contributed by atoms with van der Waals surface area (Å²) >= 11 is 0. The van der Waals surface area contributed by atoms with Crippen molar-refractivity contribution in [2.24, 2.45) is 5.41 Å². The maximum Gasteiger partial charge on any atom is 0.387 e.